The van der Waals surface area contributed by atoms with Crippen LogP contribution in [0.4, 0.5) is 5.69 Å². The number of carbonyl (C=O) groups excluding carboxylic acids is 3. The van der Waals surface area contributed by atoms with Gasteiger partial charge in [0.2, 0.25) is 5.91 Å². The van der Waals surface area contributed by atoms with Crippen LogP contribution in [0.3, 0.4) is 0 Å². The van der Waals surface area contributed by atoms with E-state index in [1.54, 1.807) is 54.5 Å². The van der Waals surface area contributed by atoms with Crippen molar-refractivity contribution in [3.63, 3.8) is 0 Å². The monoisotopic (exact) mass is 412 g/mol. The van der Waals surface area contributed by atoms with E-state index >= 15 is 0 Å². The fraction of sp³-hybridized carbons (Fsp3) is 0.318. The molecule has 8 heteroatoms. The predicted molar refractivity (Wildman–Crippen MR) is 110 cm³/mol. The van der Waals surface area contributed by atoms with Crippen LogP contribution in [0.1, 0.15) is 28.8 Å². The molecule has 1 aliphatic rings. The molecule has 1 saturated heterocycles. The Bertz CT molecular complexity index is 943. The average molecular weight is 412 g/mol. The summed E-state index contributed by atoms with van der Waals surface area (Å²) in [7, 11) is 3.08. The molecule has 0 radical (unpaired) electrons. The molecule has 0 aliphatic carbocycles. The SMILES string of the molecule is COc1ccc(CNC(=O)COC(=O)c2ccccc2N2CCCC2=O)cc1OC. The summed E-state index contributed by atoms with van der Waals surface area (Å²) < 4.78 is 15.6. The number of rotatable bonds is 8. The normalized spacial score (nSPS) is 13.1. The summed E-state index contributed by atoms with van der Waals surface area (Å²) in [6.45, 7) is 0.388. The topological polar surface area (TPSA) is 94.2 Å². The van der Waals surface area contributed by atoms with Crippen molar-refractivity contribution in [2.75, 3.05) is 32.3 Å². The smallest absolute Gasteiger partial charge is 0.340 e. The largest absolute Gasteiger partial charge is 0.493 e. The highest BCUT2D eigenvalue weighted by molar-refractivity contribution is 6.03. The number of nitrogens with one attached hydrogen (secondary N) is 1. The molecule has 2 aromatic rings. The van der Waals surface area contributed by atoms with Gasteiger partial charge in [-0.25, -0.2) is 4.79 Å². The van der Waals surface area contributed by atoms with Gasteiger partial charge in [0.25, 0.3) is 5.91 Å². The number of esters is 1. The molecule has 1 N–H and O–H groups in total. The Morgan fingerprint density at radius 3 is 2.53 bits per heavy atom. The first kappa shape index (κ1) is 21.2. The summed E-state index contributed by atoms with van der Waals surface area (Å²) in [4.78, 5) is 38.2. The molecule has 1 aliphatic heterocycles. The molecule has 158 valence electrons. The van der Waals surface area contributed by atoms with Crippen LogP contribution in [0.5, 0.6) is 11.5 Å². The van der Waals surface area contributed by atoms with Crippen molar-refractivity contribution in [3.05, 3.63) is 53.6 Å². The molecule has 0 bridgehead atoms. The summed E-state index contributed by atoms with van der Waals surface area (Å²) in [5.74, 6) is 0.0442. The van der Waals surface area contributed by atoms with Gasteiger partial charge in [0.15, 0.2) is 18.1 Å². The van der Waals surface area contributed by atoms with Gasteiger partial charge in [0, 0.05) is 19.5 Å². The third kappa shape index (κ3) is 4.89. The van der Waals surface area contributed by atoms with E-state index in [4.69, 9.17) is 14.2 Å². The number of hydrogen-bond donors (Lipinski definition) is 1. The van der Waals surface area contributed by atoms with Gasteiger partial charge in [0.05, 0.1) is 25.5 Å². The fourth-order valence-electron chi connectivity index (χ4n) is 3.24. The van der Waals surface area contributed by atoms with Crippen molar-refractivity contribution < 1.29 is 28.6 Å². The van der Waals surface area contributed by atoms with Gasteiger partial charge >= 0.3 is 5.97 Å². The lowest BCUT2D eigenvalue weighted by Crippen LogP contribution is -2.29. The molecule has 0 atom stereocenters. The second kappa shape index (κ2) is 9.78. The van der Waals surface area contributed by atoms with Crippen LogP contribution in [0.25, 0.3) is 0 Å². The number of amides is 2. The number of methoxy groups -OCH3 is 2. The summed E-state index contributed by atoms with van der Waals surface area (Å²) in [6.07, 6.45) is 1.21. The van der Waals surface area contributed by atoms with Gasteiger partial charge in [-0.1, -0.05) is 18.2 Å². The lowest BCUT2D eigenvalue weighted by molar-refractivity contribution is -0.124. The molecule has 0 unspecified atom stereocenters. The fourth-order valence-corrected chi connectivity index (χ4v) is 3.24. The van der Waals surface area contributed by atoms with Gasteiger partial charge in [-0.3, -0.25) is 9.59 Å². The Balaban J connectivity index is 1.55. The van der Waals surface area contributed by atoms with Crippen LogP contribution >= 0.6 is 0 Å². The van der Waals surface area contributed by atoms with Gasteiger partial charge in [0.1, 0.15) is 0 Å². The van der Waals surface area contributed by atoms with Crippen molar-refractivity contribution in [1.82, 2.24) is 5.32 Å². The van der Waals surface area contributed by atoms with E-state index in [0.29, 0.717) is 30.2 Å². The third-order valence-corrected chi connectivity index (χ3v) is 4.76. The number of nitrogens with zero attached hydrogens (tertiary/aromatic N) is 1. The molecule has 0 spiro atoms. The average Bonchev–Trinajstić information content (AvgIpc) is 3.21. The molecule has 2 aromatic carbocycles. The quantitative estimate of drug-likeness (QED) is 0.669. The molecular formula is C22H24N2O6. The highest BCUT2D eigenvalue weighted by atomic mass is 16.5. The molecular weight excluding hydrogens is 388 g/mol. The zero-order valence-electron chi connectivity index (χ0n) is 17.0. The van der Waals surface area contributed by atoms with E-state index in [1.807, 2.05) is 0 Å². The minimum absolute atomic E-state index is 0.0251. The Labute approximate surface area is 174 Å². The van der Waals surface area contributed by atoms with Crippen molar-refractivity contribution in [2.24, 2.45) is 0 Å². The number of carbonyl (C=O) groups is 3. The van der Waals surface area contributed by atoms with E-state index in [9.17, 15) is 14.4 Å². The van der Waals surface area contributed by atoms with E-state index in [-0.39, 0.29) is 18.0 Å². The van der Waals surface area contributed by atoms with Crippen molar-refractivity contribution in [2.45, 2.75) is 19.4 Å². The molecule has 1 heterocycles. The number of benzene rings is 2. The molecule has 1 fully saturated rings. The van der Waals surface area contributed by atoms with Crippen LogP contribution in [-0.4, -0.2) is 45.2 Å². The highest BCUT2D eigenvalue weighted by Gasteiger charge is 2.26. The molecule has 0 saturated carbocycles. The number of para-hydroxylation sites is 1. The highest BCUT2D eigenvalue weighted by Crippen LogP contribution is 2.28. The van der Waals surface area contributed by atoms with Gasteiger partial charge in [-0.15, -0.1) is 0 Å². The second-order valence-electron chi connectivity index (χ2n) is 6.71. The van der Waals surface area contributed by atoms with Crippen LogP contribution in [0.15, 0.2) is 42.5 Å². The lowest BCUT2D eigenvalue weighted by atomic mass is 10.1. The number of anilines is 1. The zero-order chi connectivity index (χ0) is 21.5. The molecule has 0 aromatic heterocycles. The molecule has 3 rings (SSSR count). The standard InChI is InChI=1S/C22H24N2O6/c1-28-18-10-9-15(12-19(18)29-2)13-23-20(25)14-30-22(27)16-6-3-4-7-17(16)24-11-5-8-21(24)26/h3-4,6-7,9-10,12H,5,8,11,13-14H2,1-2H3,(H,23,25). The Kier molecular flexibility index (Phi) is 6.90. The van der Waals surface area contributed by atoms with E-state index in [1.165, 1.54) is 7.11 Å². The Hall–Kier alpha value is -3.55. The molecule has 8 nitrogen and oxygen atoms in total. The van der Waals surface area contributed by atoms with Gasteiger partial charge in [-0.2, -0.15) is 0 Å². The van der Waals surface area contributed by atoms with Crippen molar-refractivity contribution in [3.8, 4) is 11.5 Å². The molecule has 30 heavy (non-hydrogen) atoms. The van der Waals surface area contributed by atoms with Crippen LogP contribution in [0, 0.1) is 0 Å². The number of ether oxygens (including phenoxy) is 3. The first-order chi connectivity index (χ1) is 14.5. The van der Waals surface area contributed by atoms with E-state index in [0.717, 1.165) is 12.0 Å². The summed E-state index contributed by atoms with van der Waals surface area (Å²) >= 11 is 0. The first-order valence-electron chi connectivity index (χ1n) is 9.57. The van der Waals surface area contributed by atoms with E-state index < -0.39 is 18.5 Å². The summed E-state index contributed by atoms with van der Waals surface area (Å²) in [5, 5.41) is 2.69. The van der Waals surface area contributed by atoms with E-state index in [2.05, 4.69) is 5.32 Å². The Morgan fingerprint density at radius 2 is 1.83 bits per heavy atom. The maximum absolute atomic E-state index is 12.5. The summed E-state index contributed by atoms with van der Waals surface area (Å²) in [5.41, 5.74) is 1.58. The Morgan fingerprint density at radius 1 is 1.07 bits per heavy atom. The lowest BCUT2D eigenvalue weighted by Gasteiger charge is -2.18. The maximum Gasteiger partial charge on any atom is 0.340 e. The minimum Gasteiger partial charge on any atom is -0.493 e. The minimum atomic E-state index is -0.647. The predicted octanol–water partition coefficient (Wildman–Crippen LogP) is 2.30. The third-order valence-electron chi connectivity index (χ3n) is 4.76. The van der Waals surface area contributed by atoms with Crippen LogP contribution in [0.2, 0.25) is 0 Å². The van der Waals surface area contributed by atoms with Crippen molar-refractivity contribution in [1.29, 1.82) is 0 Å². The zero-order valence-corrected chi connectivity index (χ0v) is 17.0. The van der Waals surface area contributed by atoms with Crippen molar-refractivity contribution >= 4 is 23.5 Å². The number of hydrogen-bond acceptors (Lipinski definition) is 6. The first-order valence-corrected chi connectivity index (χ1v) is 9.57. The van der Waals surface area contributed by atoms with Crippen LogP contribution < -0.4 is 19.7 Å². The maximum atomic E-state index is 12.5. The van der Waals surface area contributed by atoms with Gasteiger partial charge in [-0.05, 0) is 36.2 Å². The second-order valence-corrected chi connectivity index (χ2v) is 6.71. The summed E-state index contributed by atoms with van der Waals surface area (Å²) in [6, 6.07) is 12.1. The van der Waals surface area contributed by atoms with Crippen LogP contribution in [-0.2, 0) is 20.9 Å². The molecule has 2 amide bonds. The van der Waals surface area contributed by atoms with Gasteiger partial charge < -0.3 is 24.4 Å².